The van der Waals surface area contributed by atoms with Gasteiger partial charge in [0.05, 0.1) is 0 Å². The zero-order valence-electron chi connectivity index (χ0n) is 13.1. The fraction of sp³-hybridized carbons (Fsp3) is 0.588. The standard InChI is InChI=1S/C17H24N2OS/c1-16(2,3)21(20)19-15-14-7-5-4-6-13(14)12-17(15)8-10-18-11-9-17/h4-7,18H,8-12H2,1-3H3. The van der Waals surface area contributed by atoms with Crippen molar-refractivity contribution < 1.29 is 4.55 Å². The van der Waals surface area contributed by atoms with Crippen LogP contribution in [-0.2, 0) is 17.8 Å². The van der Waals surface area contributed by atoms with E-state index in [2.05, 4.69) is 29.6 Å². The molecular weight excluding hydrogens is 280 g/mol. The molecule has 0 radical (unpaired) electrons. The van der Waals surface area contributed by atoms with Crippen LogP contribution in [0.25, 0.3) is 0 Å². The molecule has 1 spiro atoms. The first-order valence-electron chi connectivity index (χ1n) is 7.73. The molecule has 0 amide bonds. The largest absolute Gasteiger partial charge is 0.591 e. The molecule has 1 unspecified atom stereocenters. The van der Waals surface area contributed by atoms with Gasteiger partial charge >= 0.3 is 0 Å². The van der Waals surface area contributed by atoms with Gasteiger partial charge in [-0.1, -0.05) is 28.7 Å². The van der Waals surface area contributed by atoms with Crippen LogP contribution in [0.3, 0.4) is 0 Å². The minimum atomic E-state index is -1.19. The molecule has 1 aromatic carbocycles. The molecule has 1 N–H and O–H groups in total. The zero-order valence-corrected chi connectivity index (χ0v) is 13.9. The first kappa shape index (κ1) is 15.1. The van der Waals surface area contributed by atoms with Crippen molar-refractivity contribution in [2.24, 2.45) is 9.81 Å². The van der Waals surface area contributed by atoms with Crippen LogP contribution in [-0.4, -0.2) is 28.1 Å². The molecule has 1 atom stereocenters. The minimum absolute atomic E-state index is 0.0931. The summed E-state index contributed by atoms with van der Waals surface area (Å²) < 4.78 is 17.0. The van der Waals surface area contributed by atoms with Crippen LogP contribution in [0, 0.1) is 5.41 Å². The Morgan fingerprint density at radius 1 is 1.19 bits per heavy atom. The summed E-state index contributed by atoms with van der Waals surface area (Å²) in [5.41, 5.74) is 3.77. The van der Waals surface area contributed by atoms with Gasteiger partial charge in [0.2, 0.25) is 0 Å². The lowest BCUT2D eigenvalue weighted by molar-refractivity contribution is 0.306. The van der Waals surface area contributed by atoms with Crippen LogP contribution in [0.5, 0.6) is 0 Å². The summed E-state index contributed by atoms with van der Waals surface area (Å²) in [5, 5.41) is 3.44. The van der Waals surface area contributed by atoms with E-state index in [1.165, 1.54) is 11.1 Å². The van der Waals surface area contributed by atoms with Gasteiger partial charge in [0.25, 0.3) is 0 Å². The van der Waals surface area contributed by atoms with E-state index in [-0.39, 0.29) is 10.2 Å². The molecular formula is C17H24N2OS. The zero-order chi connectivity index (χ0) is 15.1. The smallest absolute Gasteiger partial charge is 0.144 e. The molecule has 1 heterocycles. The third kappa shape index (κ3) is 2.77. The van der Waals surface area contributed by atoms with Gasteiger partial charge in [-0.3, -0.25) is 0 Å². The molecule has 4 heteroatoms. The van der Waals surface area contributed by atoms with Crippen molar-refractivity contribution >= 4 is 17.1 Å². The number of nitrogens with zero attached hydrogens (tertiary/aromatic N) is 1. The molecule has 3 nitrogen and oxygen atoms in total. The topological polar surface area (TPSA) is 47.5 Å². The van der Waals surface area contributed by atoms with Crippen LogP contribution in [0.4, 0.5) is 0 Å². The van der Waals surface area contributed by atoms with Gasteiger partial charge in [-0.25, -0.2) is 0 Å². The number of rotatable bonds is 1. The normalized spacial score (nSPS) is 24.3. The van der Waals surface area contributed by atoms with Crippen molar-refractivity contribution in [3.8, 4) is 0 Å². The van der Waals surface area contributed by atoms with Crippen molar-refractivity contribution in [3.05, 3.63) is 35.4 Å². The molecule has 1 saturated heterocycles. The molecule has 0 saturated carbocycles. The Bertz CT molecular complexity index is 556. The molecule has 1 fully saturated rings. The molecule has 2 aliphatic rings. The van der Waals surface area contributed by atoms with E-state index in [9.17, 15) is 4.55 Å². The Labute approximate surface area is 130 Å². The van der Waals surface area contributed by atoms with Crippen molar-refractivity contribution in [2.75, 3.05) is 13.1 Å². The highest BCUT2D eigenvalue weighted by Crippen LogP contribution is 2.44. The van der Waals surface area contributed by atoms with Crippen LogP contribution in [0.1, 0.15) is 44.7 Å². The first-order valence-corrected chi connectivity index (χ1v) is 8.83. The summed E-state index contributed by atoms with van der Waals surface area (Å²) in [6.07, 6.45) is 3.22. The third-order valence-corrected chi connectivity index (χ3v) is 5.96. The molecule has 21 heavy (non-hydrogen) atoms. The summed E-state index contributed by atoms with van der Waals surface area (Å²) in [7, 11) is 0. The molecule has 3 rings (SSSR count). The molecule has 0 bridgehead atoms. The van der Waals surface area contributed by atoms with E-state index in [1.54, 1.807) is 0 Å². The highest BCUT2D eigenvalue weighted by atomic mass is 32.2. The van der Waals surface area contributed by atoms with Gasteiger partial charge in [0.15, 0.2) is 0 Å². The van der Waals surface area contributed by atoms with Gasteiger partial charge in [0, 0.05) is 11.0 Å². The Kier molecular flexibility index (Phi) is 3.89. The molecule has 1 aliphatic carbocycles. The average molecular weight is 304 g/mol. The Hall–Kier alpha value is -0.840. The van der Waals surface area contributed by atoms with Gasteiger partial charge in [0.1, 0.15) is 21.8 Å². The summed E-state index contributed by atoms with van der Waals surface area (Å²) >= 11 is -1.19. The van der Waals surface area contributed by atoms with E-state index in [0.717, 1.165) is 38.1 Å². The lowest BCUT2D eigenvalue weighted by atomic mass is 9.75. The number of benzene rings is 1. The number of hydrogen-bond acceptors (Lipinski definition) is 3. The highest BCUT2D eigenvalue weighted by Gasteiger charge is 2.46. The van der Waals surface area contributed by atoms with E-state index >= 15 is 0 Å². The molecule has 0 aromatic heterocycles. The van der Waals surface area contributed by atoms with Crippen LogP contribution >= 0.6 is 0 Å². The molecule has 1 aliphatic heterocycles. The second kappa shape index (κ2) is 5.41. The number of nitrogens with one attached hydrogen (secondary N) is 1. The summed E-state index contributed by atoms with van der Waals surface area (Å²) in [4.78, 5) is 0. The monoisotopic (exact) mass is 304 g/mol. The Morgan fingerprint density at radius 3 is 2.52 bits per heavy atom. The van der Waals surface area contributed by atoms with Gasteiger partial charge in [-0.2, -0.15) is 0 Å². The second-order valence-corrected chi connectivity index (χ2v) is 9.07. The Morgan fingerprint density at radius 2 is 1.86 bits per heavy atom. The van der Waals surface area contributed by atoms with E-state index < -0.39 is 11.4 Å². The lowest BCUT2D eigenvalue weighted by Gasteiger charge is -2.34. The third-order valence-electron chi connectivity index (χ3n) is 4.56. The van der Waals surface area contributed by atoms with Crippen LogP contribution < -0.4 is 5.32 Å². The maximum atomic E-state index is 12.6. The van der Waals surface area contributed by atoms with E-state index in [0.29, 0.717) is 0 Å². The summed E-state index contributed by atoms with van der Waals surface area (Å²) in [6, 6.07) is 8.50. The predicted molar refractivity (Wildman–Crippen MR) is 89.1 cm³/mol. The fourth-order valence-electron chi connectivity index (χ4n) is 3.32. The minimum Gasteiger partial charge on any atom is -0.591 e. The number of fused-ring (bicyclic) bond motifs is 1. The van der Waals surface area contributed by atoms with Crippen molar-refractivity contribution in [1.82, 2.24) is 5.32 Å². The maximum absolute atomic E-state index is 12.6. The maximum Gasteiger partial charge on any atom is 0.144 e. The summed E-state index contributed by atoms with van der Waals surface area (Å²) in [5.74, 6) is 0. The first-order chi connectivity index (χ1) is 9.92. The van der Waals surface area contributed by atoms with Crippen molar-refractivity contribution in [1.29, 1.82) is 0 Å². The van der Waals surface area contributed by atoms with Crippen LogP contribution in [0.15, 0.2) is 28.7 Å². The lowest BCUT2D eigenvalue weighted by Crippen LogP contribution is -2.41. The summed E-state index contributed by atoms with van der Waals surface area (Å²) in [6.45, 7) is 8.01. The van der Waals surface area contributed by atoms with Crippen molar-refractivity contribution in [3.63, 3.8) is 0 Å². The quantitative estimate of drug-likeness (QED) is 0.811. The van der Waals surface area contributed by atoms with Crippen LogP contribution in [0.2, 0.25) is 0 Å². The Balaban J connectivity index is 2.05. The SMILES string of the molecule is CC(C)(C)[S+]([O-])N=C1c2ccccc2CC12CCNCC2. The number of hydrogen-bond donors (Lipinski definition) is 1. The molecule has 114 valence electrons. The average Bonchev–Trinajstić information content (AvgIpc) is 2.72. The van der Waals surface area contributed by atoms with Gasteiger partial charge in [-0.15, -0.1) is 0 Å². The van der Waals surface area contributed by atoms with Gasteiger partial charge < -0.3 is 9.87 Å². The van der Waals surface area contributed by atoms with E-state index in [4.69, 9.17) is 4.40 Å². The highest BCUT2D eigenvalue weighted by molar-refractivity contribution is 7.91. The van der Waals surface area contributed by atoms with Gasteiger partial charge in [-0.05, 0) is 58.7 Å². The fourth-order valence-corrected chi connectivity index (χ4v) is 4.06. The second-order valence-electron chi connectivity index (χ2n) is 7.17. The predicted octanol–water partition coefficient (Wildman–Crippen LogP) is 2.86. The number of piperidine rings is 1. The van der Waals surface area contributed by atoms with Crippen molar-refractivity contribution in [2.45, 2.75) is 44.8 Å². The molecule has 1 aromatic rings. The van der Waals surface area contributed by atoms with E-state index in [1.807, 2.05) is 20.8 Å².